The molecule has 0 atom stereocenters. The van der Waals surface area contributed by atoms with E-state index in [1.165, 1.54) is 0 Å². The molecule has 0 fully saturated rings. The Morgan fingerprint density at radius 2 is 2.05 bits per heavy atom. The summed E-state index contributed by atoms with van der Waals surface area (Å²) in [4.78, 5) is 41.1. The van der Waals surface area contributed by atoms with Gasteiger partial charge in [0.25, 0.3) is 5.56 Å². The van der Waals surface area contributed by atoms with Crippen LogP contribution in [-0.4, -0.2) is 25.6 Å². The van der Waals surface area contributed by atoms with E-state index in [0.29, 0.717) is 16.9 Å². The molecule has 7 heteroatoms. The highest BCUT2D eigenvalue weighted by Gasteiger charge is 2.20. The average molecular weight is 289 g/mol. The van der Waals surface area contributed by atoms with E-state index in [1.54, 1.807) is 19.2 Å². The van der Waals surface area contributed by atoms with Crippen LogP contribution in [0.3, 0.4) is 0 Å². The van der Waals surface area contributed by atoms with Crippen molar-refractivity contribution in [3.8, 4) is 5.69 Å². The molecule has 110 valence electrons. The number of nitrogens with zero attached hydrogens (tertiary/aromatic N) is 2. The van der Waals surface area contributed by atoms with Crippen molar-refractivity contribution in [1.29, 1.82) is 0 Å². The van der Waals surface area contributed by atoms with E-state index in [0.717, 1.165) is 10.6 Å². The van der Waals surface area contributed by atoms with Crippen molar-refractivity contribution in [3.63, 3.8) is 0 Å². The van der Waals surface area contributed by atoms with Crippen LogP contribution in [0.4, 0.5) is 0 Å². The second-order valence-corrected chi connectivity index (χ2v) is 4.98. The molecule has 0 saturated carbocycles. The van der Waals surface area contributed by atoms with Gasteiger partial charge in [0.15, 0.2) is 0 Å². The fourth-order valence-electron chi connectivity index (χ4n) is 2.16. The predicted molar refractivity (Wildman–Crippen MR) is 76.2 cm³/mol. The second-order valence-electron chi connectivity index (χ2n) is 4.98. The first-order valence-electron chi connectivity index (χ1n) is 6.38. The lowest BCUT2D eigenvalue weighted by Crippen LogP contribution is -2.34. The zero-order valence-corrected chi connectivity index (χ0v) is 11.9. The molecule has 0 bridgehead atoms. The van der Waals surface area contributed by atoms with Gasteiger partial charge >= 0.3 is 11.7 Å². The van der Waals surface area contributed by atoms with Gasteiger partial charge in [-0.3, -0.25) is 19.3 Å². The number of carboxylic acids is 1. The zero-order valence-electron chi connectivity index (χ0n) is 11.9. The number of nitrogens with one attached hydrogen (secondary N) is 1. The second kappa shape index (κ2) is 5.35. The molecule has 0 saturated heterocycles. The molecule has 2 heterocycles. The molecule has 21 heavy (non-hydrogen) atoms. The van der Waals surface area contributed by atoms with E-state index < -0.39 is 17.2 Å². The van der Waals surface area contributed by atoms with Gasteiger partial charge in [-0.25, -0.2) is 9.59 Å². The van der Waals surface area contributed by atoms with Gasteiger partial charge in [-0.1, -0.05) is 13.8 Å². The highest BCUT2D eigenvalue weighted by molar-refractivity contribution is 5.86. The van der Waals surface area contributed by atoms with Crippen LogP contribution in [0.15, 0.2) is 27.9 Å². The lowest BCUT2D eigenvalue weighted by molar-refractivity contribution is 0.0686. The molecule has 0 amide bonds. The predicted octanol–water partition coefficient (Wildman–Crippen LogP) is 1.05. The maximum absolute atomic E-state index is 12.1. The third-order valence-electron chi connectivity index (χ3n) is 3.09. The fraction of sp³-hybridized carbons (Fsp3) is 0.286. The Morgan fingerprint density at radius 3 is 2.62 bits per heavy atom. The van der Waals surface area contributed by atoms with Crippen LogP contribution in [0.5, 0.6) is 0 Å². The number of hydrogen-bond acceptors (Lipinski definition) is 4. The summed E-state index contributed by atoms with van der Waals surface area (Å²) in [5.41, 5.74) is -0.246. The number of carboxylic acid groups (broad SMARTS) is 1. The van der Waals surface area contributed by atoms with Gasteiger partial charge in [-0.2, -0.15) is 0 Å². The molecular weight excluding hydrogens is 274 g/mol. The van der Waals surface area contributed by atoms with Gasteiger partial charge in [0.1, 0.15) is 5.69 Å². The number of aromatic amines is 1. The number of aromatic nitrogens is 3. The van der Waals surface area contributed by atoms with Gasteiger partial charge in [-0.05, 0) is 24.5 Å². The molecule has 0 spiro atoms. The maximum Gasteiger partial charge on any atom is 0.353 e. The summed E-state index contributed by atoms with van der Waals surface area (Å²) in [6.07, 6.45) is 1.60. The van der Waals surface area contributed by atoms with Crippen LogP contribution in [0.25, 0.3) is 5.69 Å². The van der Waals surface area contributed by atoms with Crippen LogP contribution in [0.1, 0.15) is 41.5 Å². The summed E-state index contributed by atoms with van der Waals surface area (Å²) in [5, 5.41) is 9.26. The molecule has 2 rings (SSSR count). The first-order valence-corrected chi connectivity index (χ1v) is 6.38. The molecule has 0 aromatic carbocycles. The Bertz CT molecular complexity index is 818. The van der Waals surface area contributed by atoms with E-state index >= 15 is 0 Å². The Morgan fingerprint density at radius 1 is 1.38 bits per heavy atom. The Balaban J connectivity index is 2.95. The first kappa shape index (κ1) is 14.7. The van der Waals surface area contributed by atoms with Crippen LogP contribution in [0.2, 0.25) is 0 Å². The van der Waals surface area contributed by atoms with Gasteiger partial charge in [0.05, 0.1) is 11.4 Å². The molecule has 0 radical (unpaired) electrons. The minimum Gasteiger partial charge on any atom is -0.477 e. The Kier molecular flexibility index (Phi) is 3.75. The standard InChI is InChI=1S/C14H15N3O4/c1-7(2)11-12(8(3)4-5-15-11)17-9(13(19)20)6-10(18)16-14(17)21/h4-7H,1-3H3,(H,19,20)(H,16,18,21). The van der Waals surface area contributed by atoms with Crippen molar-refractivity contribution in [1.82, 2.24) is 14.5 Å². The number of aromatic carboxylic acids is 1. The smallest absolute Gasteiger partial charge is 0.353 e. The third-order valence-corrected chi connectivity index (χ3v) is 3.09. The van der Waals surface area contributed by atoms with Gasteiger partial charge in [0, 0.05) is 12.3 Å². The SMILES string of the molecule is Cc1ccnc(C(C)C)c1-n1c(C(=O)O)cc(=O)[nH]c1=O. The van der Waals surface area contributed by atoms with Crippen molar-refractivity contribution in [2.75, 3.05) is 0 Å². The summed E-state index contributed by atoms with van der Waals surface area (Å²) in [5.74, 6) is -1.36. The van der Waals surface area contributed by atoms with E-state index in [2.05, 4.69) is 9.97 Å². The molecule has 0 unspecified atom stereocenters. The van der Waals surface area contributed by atoms with Gasteiger partial charge in [0.2, 0.25) is 0 Å². The van der Waals surface area contributed by atoms with Crippen molar-refractivity contribution in [2.24, 2.45) is 0 Å². The Hall–Kier alpha value is -2.70. The van der Waals surface area contributed by atoms with Crippen molar-refractivity contribution < 1.29 is 9.90 Å². The molecule has 2 aromatic heterocycles. The van der Waals surface area contributed by atoms with Crippen molar-refractivity contribution in [3.05, 3.63) is 56.1 Å². The van der Waals surface area contributed by atoms with E-state index in [-0.39, 0.29) is 11.6 Å². The van der Waals surface area contributed by atoms with Crippen LogP contribution < -0.4 is 11.2 Å². The van der Waals surface area contributed by atoms with Gasteiger partial charge < -0.3 is 5.11 Å². The molecule has 0 aliphatic rings. The molecule has 0 aliphatic heterocycles. The van der Waals surface area contributed by atoms with Crippen molar-refractivity contribution >= 4 is 5.97 Å². The molecule has 2 aromatic rings. The minimum absolute atomic E-state index is 0.0135. The average Bonchev–Trinajstić information content (AvgIpc) is 2.38. The number of pyridine rings is 1. The lowest BCUT2D eigenvalue weighted by Gasteiger charge is -2.17. The highest BCUT2D eigenvalue weighted by atomic mass is 16.4. The highest BCUT2D eigenvalue weighted by Crippen LogP contribution is 2.23. The van der Waals surface area contributed by atoms with E-state index in [9.17, 15) is 19.5 Å². The number of rotatable bonds is 3. The zero-order chi connectivity index (χ0) is 15.7. The molecule has 0 aliphatic carbocycles. The molecular formula is C14H15N3O4. The summed E-state index contributed by atoms with van der Waals surface area (Å²) < 4.78 is 0.987. The minimum atomic E-state index is -1.35. The number of H-pyrrole nitrogens is 1. The number of aryl methyl sites for hydroxylation is 1. The van der Waals surface area contributed by atoms with E-state index in [1.807, 2.05) is 13.8 Å². The van der Waals surface area contributed by atoms with Crippen LogP contribution >= 0.6 is 0 Å². The van der Waals surface area contributed by atoms with Gasteiger partial charge in [-0.15, -0.1) is 0 Å². The fourth-order valence-corrected chi connectivity index (χ4v) is 2.16. The van der Waals surface area contributed by atoms with E-state index in [4.69, 9.17) is 0 Å². The Labute approximate surface area is 119 Å². The topological polar surface area (TPSA) is 105 Å². The maximum atomic E-state index is 12.1. The summed E-state index contributed by atoms with van der Waals surface area (Å²) in [7, 11) is 0. The normalized spacial score (nSPS) is 10.9. The van der Waals surface area contributed by atoms with Crippen molar-refractivity contribution in [2.45, 2.75) is 26.7 Å². The third kappa shape index (κ3) is 2.62. The monoisotopic (exact) mass is 289 g/mol. The summed E-state index contributed by atoms with van der Waals surface area (Å²) in [6.45, 7) is 5.54. The number of hydrogen-bond donors (Lipinski definition) is 2. The van der Waals surface area contributed by atoms with Crippen LogP contribution in [0, 0.1) is 6.92 Å². The summed E-state index contributed by atoms with van der Waals surface area (Å²) >= 11 is 0. The summed E-state index contributed by atoms with van der Waals surface area (Å²) in [6, 6.07) is 2.57. The molecule has 7 nitrogen and oxygen atoms in total. The largest absolute Gasteiger partial charge is 0.477 e. The first-order chi connectivity index (χ1) is 9.82. The van der Waals surface area contributed by atoms with Crippen LogP contribution in [-0.2, 0) is 0 Å². The lowest BCUT2D eigenvalue weighted by atomic mass is 10.0. The quantitative estimate of drug-likeness (QED) is 0.878. The molecule has 2 N–H and O–H groups in total. The number of carbonyl (C=O) groups is 1.